The third-order valence-electron chi connectivity index (χ3n) is 6.04. The highest BCUT2D eigenvalue weighted by Gasteiger charge is 2.35. The van der Waals surface area contributed by atoms with Gasteiger partial charge < -0.3 is 20.1 Å². The average molecular weight is 536 g/mol. The standard InChI is InChI=1S/C27H23Cl2N5O3/c1-15-23(26(35)31-21-9-4-5-10-22(21)37-3)24(16-7-6-8-18(13-16)36-2)34-27(30-15)32-25(33-34)17-11-12-19(28)20(29)14-17/h4-14,24H,1-3H3,(H,31,35)(H,30,32,33). The minimum Gasteiger partial charge on any atom is -0.497 e. The number of carbonyl (C=O) groups excluding carboxylic acids is 1. The number of allylic oxidation sites excluding steroid dienone is 1. The van der Waals surface area contributed by atoms with Crippen LogP contribution >= 0.6 is 23.2 Å². The van der Waals surface area contributed by atoms with E-state index in [4.69, 9.17) is 37.8 Å². The topological polar surface area (TPSA) is 90.3 Å². The van der Waals surface area contributed by atoms with Gasteiger partial charge in [0.2, 0.25) is 5.95 Å². The SMILES string of the molecule is COc1cccc(C2C(C(=O)Nc3ccccc3OC)=C(C)Nc3nc(-c4ccc(Cl)c(Cl)c4)nn32)c1. The summed E-state index contributed by atoms with van der Waals surface area (Å²) in [4.78, 5) is 18.5. The van der Waals surface area contributed by atoms with E-state index in [0.717, 1.165) is 5.56 Å². The summed E-state index contributed by atoms with van der Waals surface area (Å²) in [5.74, 6) is 1.83. The van der Waals surface area contributed by atoms with Crippen LogP contribution < -0.4 is 20.1 Å². The van der Waals surface area contributed by atoms with Crippen LogP contribution in [-0.4, -0.2) is 34.9 Å². The molecule has 10 heteroatoms. The largest absolute Gasteiger partial charge is 0.497 e. The molecule has 1 aliphatic rings. The van der Waals surface area contributed by atoms with E-state index in [1.165, 1.54) is 0 Å². The Kier molecular flexibility index (Phi) is 6.78. The van der Waals surface area contributed by atoms with Crippen molar-refractivity contribution in [1.29, 1.82) is 0 Å². The summed E-state index contributed by atoms with van der Waals surface area (Å²) >= 11 is 12.3. The van der Waals surface area contributed by atoms with Gasteiger partial charge in [-0.3, -0.25) is 4.79 Å². The molecule has 1 unspecified atom stereocenters. The molecule has 8 nitrogen and oxygen atoms in total. The first kappa shape index (κ1) is 24.7. The predicted octanol–water partition coefficient (Wildman–Crippen LogP) is 6.20. The number of aromatic nitrogens is 3. The Balaban J connectivity index is 1.62. The molecule has 37 heavy (non-hydrogen) atoms. The van der Waals surface area contributed by atoms with E-state index >= 15 is 0 Å². The molecule has 2 heterocycles. The summed E-state index contributed by atoms with van der Waals surface area (Å²) in [6.45, 7) is 1.83. The second-order valence-electron chi connectivity index (χ2n) is 8.33. The minimum atomic E-state index is -0.593. The average Bonchev–Trinajstić information content (AvgIpc) is 3.33. The summed E-state index contributed by atoms with van der Waals surface area (Å²) in [6.07, 6.45) is 0. The zero-order valence-corrected chi connectivity index (χ0v) is 21.8. The van der Waals surface area contributed by atoms with Gasteiger partial charge in [-0.15, -0.1) is 5.10 Å². The monoisotopic (exact) mass is 535 g/mol. The molecule has 0 saturated heterocycles. The molecule has 0 saturated carbocycles. The molecule has 0 fully saturated rings. The van der Waals surface area contributed by atoms with Crippen molar-refractivity contribution in [3.05, 3.63) is 93.6 Å². The number of halogens is 2. The number of nitrogens with zero attached hydrogens (tertiary/aromatic N) is 3. The van der Waals surface area contributed by atoms with Gasteiger partial charge in [0.15, 0.2) is 5.82 Å². The number of rotatable bonds is 6. The fraction of sp³-hybridized carbons (Fsp3) is 0.148. The zero-order valence-electron chi connectivity index (χ0n) is 20.3. The van der Waals surface area contributed by atoms with Crippen LogP contribution in [0.2, 0.25) is 10.0 Å². The molecule has 1 atom stereocenters. The van der Waals surface area contributed by atoms with Crippen LogP contribution in [0.25, 0.3) is 11.4 Å². The Morgan fingerprint density at radius 2 is 1.81 bits per heavy atom. The second kappa shape index (κ2) is 10.2. The first-order chi connectivity index (χ1) is 17.9. The summed E-state index contributed by atoms with van der Waals surface area (Å²) < 4.78 is 12.6. The summed E-state index contributed by atoms with van der Waals surface area (Å²) in [5.41, 5.74) is 3.16. The number of ether oxygens (including phenoxy) is 2. The maximum atomic E-state index is 13.8. The number of anilines is 2. The Morgan fingerprint density at radius 1 is 1.00 bits per heavy atom. The van der Waals surface area contributed by atoms with Crippen LogP contribution in [0.3, 0.4) is 0 Å². The molecule has 1 aromatic heterocycles. The van der Waals surface area contributed by atoms with E-state index in [-0.39, 0.29) is 5.91 Å². The van der Waals surface area contributed by atoms with Crippen molar-refractivity contribution in [2.75, 3.05) is 24.9 Å². The zero-order chi connectivity index (χ0) is 26.1. The molecule has 0 spiro atoms. The van der Waals surface area contributed by atoms with Crippen molar-refractivity contribution < 1.29 is 14.3 Å². The fourth-order valence-corrected chi connectivity index (χ4v) is 4.56. The first-order valence-corrected chi connectivity index (χ1v) is 12.1. The number of para-hydroxylation sites is 2. The molecular weight excluding hydrogens is 513 g/mol. The highest BCUT2D eigenvalue weighted by atomic mass is 35.5. The summed E-state index contributed by atoms with van der Waals surface area (Å²) in [7, 11) is 3.16. The molecule has 1 amide bonds. The van der Waals surface area contributed by atoms with Gasteiger partial charge in [0.25, 0.3) is 5.91 Å². The number of hydrogen-bond donors (Lipinski definition) is 2. The Morgan fingerprint density at radius 3 is 2.57 bits per heavy atom. The van der Waals surface area contributed by atoms with Crippen molar-refractivity contribution in [2.45, 2.75) is 13.0 Å². The van der Waals surface area contributed by atoms with Gasteiger partial charge in [0, 0.05) is 11.3 Å². The molecule has 1 aliphatic heterocycles. The number of amides is 1. The van der Waals surface area contributed by atoms with Crippen molar-refractivity contribution in [3.63, 3.8) is 0 Å². The van der Waals surface area contributed by atoms with Crippen LogP contribution in [0.1, 0.15) is 18.5 Å². The molecule has 188 valence electrons. The number of benzene rings is 3. The van der Waals surface area contributed by atoms with E-state index in [9.17, 15) is 4.79 Å². The van der Waals surface area contributed by atoms with Crippen molar-refractivity contribution >= 4 is 40.7 Å². The van der Waals surface area contributed by atoms with Crippen molar-refractivity contribution in [1.82, 2.24) is 14.8 Å². The van der Waals surface area contributed by atoms with Crippen molar-refractivity contribution in [2.24, 2.45) is 0 Å². The molecule has 0 radical (unpaired) electrons. The lowest BCUT2D eigenvalue weighted by atomic mass is 9.95. The van der Waals surface area contributed by atoms with Gasteiger partial charge in [-0.05, 0) is 55.0 Å². The number of nitrogens with one attached hydrogen (secondary N) is 2. The first-order valence-electron chi connectivity index (χ1n) is 11.4. The third kappa shape index (κ3) is 4.73. The smallest absolute Gasteiger partial charge is 0.255 e. The molecule has 3 aromatic carbocycles. The predicted molar refractivity (Wildman–Crippen MR) is 145 cm³/mol. The van der Waals surface area contributed by atoms with Crippen LogP contribution in [0.15, 0.2) is 78.0 Å². The van der Waals surface area contributed by atoms with E-state index in [1.807, 2.05) is 43.3 Å². The number of methoxy groups -OCH3 is 2. The fourth-order valence-electron chi connectivity index (χ4n) is 4.26. The van der Waals surface area contributed by atoms with Gasteiger partial charge >= 0.3 is 0 Å². The highest BCUT2D eigenvalue weighted by molar-refractivity contribution is 6.42. The summed E-state index contributed by atoms with van der Waals surface area (Å²) in [5, 5.41) is 11.8. The maximum absolute atomic E-state index is 13.8. The van der Waals surface area contributed by atoms with Gasteiger partial charge in [0.05, 0.1) is 35.5 Å². The number of hydrogen-bond acceptors (Lipinski definition) is 6. The van der Waals surface area contributed by atoms with Gasteiger partial charge in [-0.25, -0.2) is 4.68 Å². The number of fused-ring (bicyclic) bond motifs is 1. The Bertz CT molecular complexity index is 1530. The minimum absolute atomic E-state index is 0.306. The highest BCUT2D eigenvalue weighted by Crippen LogP contribution is 2.38. The molecule has 5 rings (SSSR count). The van der Waals surface area contributed by atoms with E-state index in [0.29, 0.717) is 55.8 Å². The normalized spacial score (nSPS) is 14.6. The summed E-state index contributed by atoms with van der Waals surface area (Å²) in [6, 6.07) is 19.4. The Labute approximate surface area is 223 Å². The second-order valence-corrected chi connectivity index (χ2v) is 9.14. The molecule has 0 bridgehead atoms. The third-order valence-corrected chi connectivity index (χ3v) is 6.78. The lowest BCUT2D eigenvalue weighted by molar-refractivity contribution is -0.113. The Hall–Kier alpha value is -4.01. The van der Waals surface area contributed by atoms with Crippen molar-refractivity contribution in [3.8, 4) is 22.9 Å². The van der Waals surface area contributed by atoms with E-state index in [1.54, 1.807) is 49.2 Å². The van der Waals surface area contributed by atoms with Crippen LogP contribution in [-0.2, 0) is 4.79 Å². The molecular formula is C27H23Cl2N5O3. The molecule has 4 aromatic rings. The van der Waals surface area contributed by atoms with Gasteiger partial charge in [0.1, 0.15) is 17.5 Å². The van der Waals surface area contributed by atoms with E-state index in [2.05, 4.69) is 15.6 Å². The van der Waals surface area contributed by atoms with Gasteiger partial charge in [-0.2, -0.15) is 4.98 Å². The van der Waals surface area contributed by atoms with E-state index < -0.39 is 6.04 Å². The lowest BCUT2D eigenvalue weighted by Crippen LogP contribution is -2.31. The molecule has 2 N–H and O–H groups in total. The lowest BCUT2D eigenvalue weighted by Gasteiger charge is -2.29. The quantitative estimate of drug-likeness (QED) is 0.305. The molecule has 0 aliphatic carbocycles. The van der Waals surface area contributed by atoms with Gasteiger partial charge in [-0.1, -0.05) is 47.5 Å². The maximum Gasteiger partial charge on any atom is 0.255 e. The van der Waals surface area contributed by atoms with Crippen LogP contribution in [0.4, 0.5) is 11.6 Å². The van der Waals surface area contributed by atoms with Crippen LogP contribution in [0, 0.1) is 0 Å². The van der Waals surface area contributed by atoms with Crippen LogP contribution in [0.5, 0.6) is 11.5 Å². The number of carbonyl (C=O) groups is 1.